The lowest BCUT2D eigenvalue weighted by molar-refractivity contribution is -0.151. The highest BCUT2D eigenvalue weighted by Crippen LogP contribution is 2.14. The molecule has 9 heteroatoms. The number of carbonyl (C=O) groups excluding carboxylic acids is 3. The third-order valence-electron chi connectivity index (χ3n) is 8.53. The van der Waals surface area contributed by atoms with Gasteiger partial charge >= 0.3 is 17.9 Å². The Hall–Kier alpha value is -1.71. The molecule has 292 valence electrons. The molecular weight excluding hydrogens is 624 g/mol. The molecule has 49 heavy (non-hydrogen) atoms. The van der Waals surface area contributed by atoms with Crippen molar-refractivity contribution in [2.75, 3.05) is 26.4 Å². The van der Waals surface area contributed by atoms with Crippen molar-refractivity contribution in [3.05, 3.63) is 0 Å². The Bertz CT molecular complexity index is 716. The number of ether oxygens (including phenoxy) is 3. The molecule has 0 spiro atoms. The van der Waals surface area contributed by atoms with Gasteiger partial charge in [-0.1, -0.05) is 168 Å². The van der Waals surface area contributed by atoms with E-state index in [9.17, 15) is 19.5 Å². The first kappa shape index (κ1) is 49.4. The normalized spacial score (nSPS) is 12.1. The van der Waals surface area contributed by atoms with E-state index in [-0.39, 0.29) is 38.4 Å². The largest absolute Gasteiger partial charge is 0.463 e. The third kappa shape index (κ3) is 44.3. The van der Waals surface area contributed by atoms with Gasteiger partial charge in [0, 0.05) is 19.8 Å². The van der Waals surface area contributed by atoms with Crippen LogP contribution >= 0.6 is 0 Å². The Kier molecular flexibility index (Phi) is 41.1. The van der Waals surface area contributed by atoms with Crippen LogP contribution in [-0.2, 0) is 28.6 Å². The van der Waals surface area contributed by atoms with Crippen molar-refractivity contribution in [3.63, 3.8) is 0 Å². The van der Waals surface area contributed by atoms with E-state index in [1.165, 1.54) is 148 Å². The molecule has 0 fully saturated rings. The van der Waals surface area contributed by atoms with Gasteiger partial charge in [0.05, 0.1) is 6.61 Å². The molecule has 0 aliphatic carbocycles. The van der Waals surface area contributed by atoms with Gasteiger partial charge in [0.25, 0.3) is 0 Å². The van der Waals surface area contributed by atoms with Crippen molar-refractivity contribution in [2.24, 2.45) is 0 Å². The van der Waals surface area contributed by atoms with Crippen LogP contribution in [0.5, 0.6) is 0 Å². The maximum absolute atomic E-state index is 11.5. The predicted molar refractivity (Wildman–Crippen MR) is 198 cm³/mol. The van der Waals surface area contributed by atoms with Crippen molar-refractivity contribution in [2.45, 2.75) is 213 Å². The zero-order valence-corrected chi connectivity index (χ0v) is 32.1. The smallest absolute Gasteiger partial charge is 0.305 e. The number of hydrogen-bond donors (Lipinski definition) is 3. The number of unbranched alkanes of at least 4 members (excludes halogenated alkanes) is 24. The molecule has 0 bridgehead atoms. The Morgan fingerprint density at radius 2 is 0.694 bits per heavy atom. The molecule has 0 saturated heterocycles. The van der Waals surface area contributed by atoms with Crippen molar-refractivity contribution >= 4 is 17.9 Å². The highest BCUT2D eigenvalue weighted by molar-refractivity contribution is 5.69. The summed E-state index contributed by atoms with van der Waals surface area (Å²) >= 11 is 0. The summed E-state index contributed by atoms with van der Waals surface area (Å²) in [6, 6.07) is 0. The van der Waals surface area contributed by atoms with Crippen LogP contribution in [0.15, 0.2) is 0 Å². The minimum absolute atomic E-state index is 0.103. The lowest BCUT2D eigenvalue weighted by Gasteiger charge is -2.11. The van der Waals surface area contributed by atoms with Gasteiger partial charge in [-0.3, -0.25) is 14.4 Å². The second kappa shape index (κ2) is 40.7. The van der Waals surface area contributed by atoms with Crippen molar-refractivity contribution in [1.82, 2.24) is 0 Å². The molecular formula is C40H78O9. The quantitative estimate of drug-likeness (QED) is 0.0335. The average molecular weight is 703 g/mol. The lowest BCUT2D eigenvalue weighted by Crippen LogP contribution is -2.24. The second-order valence-electron chi connectivity index (χ2n) is 13.6. The van der Waals surface area contributed by atoms with Crippen LogP contribution in [0.3, 0.4) is 0 Å². The zero-order valence-electron chi connectivity index (χ0n) is 32.1. The van der Waals surface area contributed by atoms with Crippen LogP contribution in [0.4, 0.5) is 0 Å². The summed E-state index contributed by atoms with van der Waals surface area (Å²) in [5, 5.41) is 27.1. The molecule has 9 nitrogen and oxygen atoms in total. The molecule has 0 aliphatic rings. The van der Waals surface area contributed by atoms with Gasteiger partial charge in [0.1, 0.15) is 32.0 Å². The van der Waals surface area contributed by atoms with Crippen LogP contribution < -0.4 is 0 Å². The van der Waals surface area contributed by atoms with E-state index in [1.807, 2.05) is 0 Å². The minimum atomic E-state index is -0.953. The van der Waals surface area contributed by atoms with Crippen molar-refractivity contribution in [3.8, 4) is 0 Å². The predicted octanol–water partition coefficient (Wildman–Crippen LogP) is 9.30. The molecule has 0 aliphatic heterocycles. The van der Waals surface area contributed by atoms with Gasteiger partial charge in [0.2, 0.25) is 0 Å². The zero-order chi connectivity index (χ0) is 36.6. The summed E-state index contributed by atoms with van der Waals surface area (Å²) in [5.74, 6) is -1.03. The molecule has 0 aromatic rings. The fourth-order valence-electron chi connectivity index (χ4n) is 5.41. The van der Waals surface area contributed by atoms with Crippen LogP contribution in [0.1, 0.15) is 201 Å². The number of aliphatic hydroxyl groups excluding tert-OH is 3. The van der Waals surface area contributed by atoms with Gasteiger partial charge < -0.3 is 29.5 Å². The molecule has 0 rings (SSSR count). The second-order valence-corrected chi connectivity index (χ2v) is 13.6. The first-order chi connectivity index (χ1) is 23.8. The molecule has 0 aromatic carbocycles. The maximum atomic E-state index is 11.5. The van der Waals surface area contributed by atoms with Gasteiger partial charge in [-0.2, -0.15) is 0 Å². The molecule has 0 heterocycles. The van der Waals surface area contributed by atoms with Crippen LogP contribution in [-0.4, -0.2) is 71.9 Å². The van der Waals surface area contributed by atoms with E-state index < -0.39 is 18.2 Å². The summed E-state index contributed by atoms with van der Waals surface area (Å²) in [6.07, 6.45) is 32.1. The SMILES string of the molecule is CCCCCCCCCCCCCCCC(=O)OCC(O)CO.CCCCCCCCCCCCCCCC(=O)OCC(O)COC(C)=O. The van der Waals surface area contributed by atoms with Crippen molar-refractivity contribution in [1.29, 1.82) is 0 Å². The van der Waals surface area contributed by atoms with E-state index >= 15 is 0 Å². The van der Waals surface area contributed by atoms with Gasteiger partial charge in [0.15, 0.2) is 0 Å². The number of carbonyl (C=O) groups is 3. The minimum Gasteiger partial charge on any atom is -0.463 e. The highest BCUT2D eigenvalue weighted by atomic mass is 16.6. The Morgan fingerprint density at radius 3 is 0.980 bits per heavy atom. The first-order valence-corrected chi connectivity index (χ1v) is 20.2. The fourth-order valence-corrected chi connectivity index (χ4v) is 5.41. The van der Waals surface area contributed by atoms with Gasteiger partial charge in [-0.05, 0) is 12.8 Å². The average Bonchev–Trinajstić information content (AvgIpc) is 3.09. The number of rotatable bonds is 35. The first-order valence-electron chi connectivity index (χ1n) is 20.2. The Labute approximate surface area is 300 Å². The van der Waals surface area contributed by atoms with E-state index in [4.69, 9.17) is 19.7 Å². The molecule has 2 unspecified atom stereocenters. The maximum Gasteiger partial charge on any atom is 0.305 e. The van der Waals surface area contributed by atoms with E-state index in [2.05, 4.69) is 18.6 Å². The van der Waals surface area contributed by atoms with Crippen LogP contribution in [0, 0.1) is 0 Å². The summed E-state index contributed by atoms with van der Waals surface area (Å²) < 4.78 is 14.5. The molecule has 0 amide bonds. The van der Waals surface area contributed by atoms with Crippen LogP contribution in [0.2, 0.25) is 0 Å². The van der Waals surface area contributed by atoms with Gasteiger partial charge in [-0.15, -0.1) is 0 Å². The third-order valence-corrected chi connectivity index (χ3v) is 8.53. The molecule has 0 radical (unpaired) electrons. The molecule has 0 saturated carbocycles. The lowest BCUT2D eigenvalue weighted by atomic mass is 10.0. The summed E-state index contributed by atoms with van der Waals surface area (Å²) in [5.41, 5.74) is 0. The monoisotopic (exact) mass is 703 g/mol. The molecule has 0 aromatic heterocycles. The Balaban J connectivity index is 0. The summed E-state index contributed by atoms with van der Waals surface area (Å²) in [4.78, 5) is 33.5. The van der Waals surface area contributed by atoms with Crippen molar-refractivity contribution < 1.29 is 43.9 Å². The molecule has 2 atom stereocenters. The van der Waals surface area contributed by atoms with E-state index in [0.717, 1.165) is 25.7 Å². The number of aliphatic hydroxyl groups is 3. The number of hydrogen-bond acceptors (Lipinski definition) is 9. The Morgan fingerprint density at radius 1 is 0.429 bits per heavy atom. The highest BCUT2D eigenvalue weighted by Gasteiger charge is 2.10. The van der Waals surface area contributed by atoms with E-state index in [1.54, 1.807) is 0 Å². The van der Waals surface area contributed by atoms with Gasteiger partial charge in [-0.25, -0.2) is 0 Å². The molecule has 3 N–H and O–H groups in total. The summed E-state index contributed by atoms with van der Waals surface area (Å²) in [6.45, 7) is 5.05. The topological polar surface area (TPSA) is 140 Å². The number of esters is 3. The van der Waals surface area contributed by atoms with Crippen LogP contribution in [0.25, 0.3) is 0 Å². The van der Waals surface area contributed by atoms with E-state index in [0.29, 0.717) is 12.8 Å². The fraction of sp³-hybridized carbons (Fsp3) is 0.925. The summed E-state index contributed by atoms with van der Waals surface area (Å²) in [7, 11) is 0. The standard InChI is InChI=1S/C21H40O5.C19H38O4/c1-3-4-5-6-7-8-9-10-11-12-13-14-15-16-21(24)26-18-20(23)17-25-19(2)22;1-2-3-4-5-6-7-8-9-10-11-12-13-14-15-19(22)23-17-18(21)16-20/h20,23H,3-18H2,1-2H3;18,20-21H,2-17H2,1H3.